The summed E-state index contributed by atoms with van der Waals surface area (Å²) in [6.45, 7) is 2.07. The second kappa shape index (κ2) is 6.59. The Morgan fingerprint density at radius 1 is 1.19 bits per heavy atom. The third-order valence-electron chi connectivity index (χ3n) is 2.64. The Labute approximate surface area is 95.1 Å². The average molecular weight is 228 g/mol. The van der Waals surface area contributed by atoms with Crippen molar-refractivity contribution in [2.24, 2.45) is 0 Å². The van der Waals surface area contributed by atoms with Crippen LogP contribution in [0.15, 0.2) is 18.2 Å². The van der Waals surface area contributed by atoms with Crippen LogP contribution in [0, 0.1) is 11.6 Å². The molecule has 1 aromatic carbocycles. The van der Waals surface area contributed by atoms with Crippen molar-refractivity contribution in [3.8, 4) is 0 Å². The zero-order valence-electron chi connectivity index (χ0n) is 9.55. The van der Waals surface area contributed by atoms with E-state index >= 15 is 0 Å². The number of aliphatic hydroxyl groups excluding tert-OH is 1. The molecule has 0 spiro atoms. The lowest BCUT2D eigenvalue weighted by Crippen LogP contribution is -2.12. The zero-order chi connectivity index (χ0) is 12.0. The van der Waals surface area contributed by atoms with Gasteiger partial charge in [0.05, 0.1) is 6.10 Å². The summed E-state index contributed by atoms with van der Waals surface area (Å²) in [6.07, 6.45) is 3.01. The number of halogens is 2. The van der Waals surface area contributed by atoms with Gasteiger partial charge >= 0.3 is 0 Å². The minimum Gasteiger partial charge on any atom is -0.393 e. The number of hydrogen-bond donors (Lipinski definition) is 1. The maximum atomic E-state index is 13.2. The number of aliphatic hydroxyl groups is 1. The van der Waals surface area contributed by atoms with Gasteiger partial charge in [-0.1, -0.05) is 32.3 Å². The SMILES string of the molecule is CCCCCC(O)Cc1c(F)cccc1F. The van der Waals surface area contributed by atoms with Crippen LogP contribution in [-0.2, 0) is 6.42 Å². The molecular weight excluding hydrogens is 210 g/mol. The standard InChI is InChI=1S/C13H18F2O/c1-2-3-4-6-10(16)9-11-12(14)7-5-8-13(11)15/h5,7-8,10,16H,2-4,6,9H2,1H3. The zero-order valence-corrected chi connectivity index (χ0v) is 9.55. The van der Waals surface area contributed by atoms with E-state index < -0.39 is 17.7 Å². The fourth-order valence-electron chi connectivity index (χ4n) is 1.69. The first-order valence-electron chi connectivity index (χ1n) is 5.76. The molecule has 1 N–H and O–H groups in total. The molecule has 0 amide bonds. The summed E-state index contributed by atoms with van der Waals surface area (Å²) in [5.41, 5.74) is -0.00787. The van der Waals surface area contributed by atoms with Crippen LogP contribution in [0.4, 0.5) is 8.78 Å². The van der Waals surface area contributed by atoms with E-state index in [9.17, 15) is 13.9 Å². The Kier molecular flexibility index (Phi) is 5.39. The Morgan fingerprint density at radius 2 is 1.81 bits per heavy atom. The summed E-state index contributed by atoms with van der Waals surface area (Å²) in [4.78, 5) is 0. The fraction of sp³-hybridized carbons (Fsp3) is 0.538. The van der Waals surface area contributed by atoms with Crippen molar-refractivity contribution in [2.75, 3.05) is 0 Å². The van der Waals surface area contributed by atoms with E-state index in [1.165, 1.54) is 18.2 Å². The number of benzene rings is 1. The van der Waals surface area contributed by atoms with Gasteiger partial charge in [-0.05, 0) is 18.6 Å². The van der Waals surface area contributed by atoms with Gasteiger partial charge in [0, 0.05) is 12.0 Å². The molecule has 0 aromatic heterocycles. The molecule has 1 nitrogen and oxygen atoms in total. The van der Waals surface area contributed by atoms with Crippen molar-refractivity contribution >= 4 is 0 Å². The van der Waals surface area contributed by atoms with E-state index in [1.54, 1.807) is 0 Å². The van der Waals surface area contributed by atoms with Crippen molar-refractivity contribution in [2.45, 2.75) is 45.1 Å². The molecule has 90 valence electrons. The molecule has 0 saturated carbocycles. The number of hydrogen-bond acceptors (Lipinski definition) is 1. The van der Waals surface area contributed by atoms with Crippen molar-refractivity contribution in [3.63, 3.8) is 0 Å². The Bertz CT molecular complexity index is 305. The summed E-state index contributed by atoms with van der Waals surface area (Å²) >= 11 is 0. The molecular formula is C13H18F2O. The Balaban J connectivity index is 2.52. The van der Waals surface area contributed by atoms with Crippen molar-refractivity contribution < 1.29 is 13.9 Å². The highest BCUT2D eigenvalue weighted by atomic mass is 19.1. The highest BCUT2D eigenvalue weighted by Crippen LogP contribution is 2.16. The van der Waals surface area contributed by atoms with E-state index in [0.717, 1.165) is 19.3 Å². The van der Waals surface area contributed by atoms with E-state index in [2.05, 4.69) is 6.92 Å². The molecule has 1 atom stereocenters. The van der Waals surface area contributed by atoms with Crippen LogP contribution in [0.2, 0.25) is 0 Å². The first kappa shape index (κ1) is 13.1. The molecule has 0 fully saturated rings. The Hall–Kier alpha value is -0.960. The lowest BCUT2D eigenvalue weighted by molar-refractivity contribution is 0.158. The third kappa shape index (κ3) is 3.89. The largest absolute Gasteiger partial charge is 0.393 e. The van der Waals surface area contributed by atoms with Crippen LogP contribution in [0.25, 0.3) is 0 Å². The van der Waals surface area contributed by atoms with Gasteiger partial charge in [-0.3, -0.25) is 0 Å². The summed E-state index contributed by atoms with van der Waals surface area (Å²) in [6, 6.07) is 3.77. The summed E-state index contributed by atoms with van der Waals surface area (Å²) < 4.78 is 26.5. The van der Waals surface area contributed by atoms with Gasteiger partial charge in [-0.15, -0.1) is 0 Å². The smallest absolute Gasteiger partial charge is 0.129 e. The molecule has 0 radical (unpaired) electrons. The average Bonchev–Trinajstić information content (AvgIpc) is 2.24. The van der Waals surface area contributed by atoms with Gasteiger partial charge in [0.15, 0.2) is 0 Å². The molecule has 1 aromatic rings. The second-order valence-corrected chi connectivity index (χ2v) is 4.05. The molecule has 0 aliphatic rings. The number of unbranched alkanes of at least 4 members (excludes halogenated alkanes) is 2. The van der Waals surface area contributed by atoms with Gasteiger partial charge in [-0.25, -0.2) is 8.78 Å². The van der Waals surface area contributed by atoms with E-state index in [-0.39, 0.29) is 12.0 Å². The summed E-state index contributed by atoms with van der Waals surface area (Å²) in [7, 11) is 0. The van der Waals surface area contributed by atoms with E-state index in [4.69, 9.17) is 0 Å². The van der Waals surface area contributed by atoms with Crippen LogP contribution in [0.1, 0.15) is 38.2 Å². The first-order chi connectivity index (χ1) is 7.65. The van der Waals surface area contributed by atoms with Gasteiger partial charge in [-0.2, -0.15) is 0 Å². The summed E-state index contributed by atoms with van der Waals surface area (Å²) in [5, 5.41) is 9.64. The lowest BCUT2D eigenvalue weighted by atomic mass is 10.0. The van der Waals surface area contributed by atoms with Crippen LogP contribution in [-0.4, -0.2) is 11.2 Å². The quantitative estimate of drug-likeness (QED) is 0.739. The molecule has 0 aliphatic heterocycles. The number of rotatable bonds is 6. The first-order valence-corrected chi connectivity index (χ1v) is 5.76. The van der Waals surface area contributed by atoms with Gasteiger partial charge in [0.2, 0.25) is 0 Å². The van der Waals surface area contributed by atoms with E-state index in [1.807, 2.05) is 0 Å². The maximum Gasteiger partial charge on any atom is 0.129 e. The lowest BCUT2D eigenvalue weighted by Gasteiger charge is -2.11. The predicted molar refractivity (Wildman–Crippen MR) is 60.2 cm³/mol. The monoisotopic (exact) mass is 228 g/mol. The van der Waals surface area contributed by atoms with E-state index in [0.29, 0.717) is 6.42 Å². The summed E-state index contributed by atoms with van der Waals surface area (Å²) in [5.74, 6) is -1.15. The minimum absolute atomic E-state index is 0.00787. The Morgan fingerprint density at radius 3 is 2.38 bits per heavy atom. The maximum absolute atomic E-state index is 13.2. The van der Waals surface area contributed by atoms with Crippen LogP contribution >= 0.6 is 0 Å². The topological polar surface area (TPSA) is 20.2 Å². The van der Waals surface area contributed by atoms with Crippen molar-refractivity contribution in [3.05, 3.63) is 35.4 Å². The predicted octanol–water partition coefficient (Wildman–Crippen LogP) is 3.45. The highest BCUT2D eigenvalue weighted by molar-refractivity contribution is 5.20. The van der Waals surface area contributed by atoms with Gasteiger partial charge in [0.25, 0.3) is 0 Å². The van der Waals surface area contributed by atoms with Crippen LogP contribution in [0.3, 0.4) is 0 Å². The molecule has 0 saturated heterocycles. The molecule has 0 heterocycles. The second-order valence-electron chi connectivity index (χ2n) is 4.05. The molecule has 1 unspecified atom stereocenters. The molecule has 3 heteroatoms. The van der Waals surface area contributed by atoms with Crippen LogP contribution in [0.5, 0.6) is 0 Å². The fourth-order valence-corrected chi connectivity index (χ4v) is 1.69. The highest BCUT2D eigenvalue weighted by Gasteiger charge is 2.13. The normalized spacial score (nSPS) is 12.8. The molecule has 16 heavy (non-hydrogen) atoms. The van der Waals surface area contributed by atoms with Gasteiger partial charge < -0.3 is 5.11 Å². The molecule has 1 rings (SSSR count). The molecule has 0 aliphatic carbocycles. The third-order valence-corrected chi connectivity index (χ3v) is 2.64. The van der Waals surface area contributed by atoms with Crippen LogP contribution < -0.4 is 0 Å². The van der Waals surface area contributed by atoms with Crippen molar-refractivity contribution in [1.82, 2.24) is 0 Å². The molecule has 0 bridgehead atoms. The van der Waals surface area contributed by atoms with Gasteiger partial charge in [0.1, 0.15) is 11.6 Å². The minimum atomic E-state index is -0.655. The van der Waals surface area contributed by atoms with Crippen molar-refractivity contribution in [1.29, 1.82) is 0 Å².